The second-order valence-corrected chi connectivity index (χ2v) is 14.0. The highest BCUT2D eigenvalue weighted by Gasteiger charge is 2.38. The second-order valence-electron chi connectivity index (χ2n) is 9.65. The van der Waals surface area contributed by atoms with Crippen molar-refractivity contribution in [3.8, 4) is 11.1 Å². The predicted octanol–water partition coefficient (Wildman–Crippen LogP) is 5.08. The number of benzene rings is 2. The largest absolute Gasteiger partial charge is 0.113 e. The van der Waals surface area contributed by atoms with E-state index in [0.717, 1.165) is 0 Å². The molecule has 2 aromatic rings. The Bertz CT molecular complexity index is 768. The van der Waals surface area contributed by atoms with Gasteiger partial charge in [0.2, 0.25) is 0 Å². The van der Waals surface area contributed by atoms with Crippen LogP contribution in [0, 0.1) is 0 Å². The Kier molecular flexibility index (Phi) is 3.47. The van der Waals surface area contributed by atoms with Gasteiger partial charge in [0.1, 0.15) is 8.07 Å². The number of hydrogen-bond acceptors (Lipinski definition) is 0. The Hall–Kier alpha value is -1.34. The van der Waals surface area contributed by atoms with E-state index in [-0.39, 0.29) is 10.8 Å². The molecule has 0 spiro atoms. The van der Waals surface area contributed by atoms with Gasteiger partial charge < -0.3 is 0 Å². The van der Waals surface area contributed by atoms with Gasteiger partial charge in [0.15, 0.2) is 0 Å². The van der Waals surface area contributed by atoms with Crippen molar-refractivity contribution in [2.24, 2.45) is 0 Å². The molecule has 1 heterocycles. The van der Waals surface area contributed by atoms with Gasteiger partial charge in [-0.25, -0.2) is 0 Å². The van der Waals surface area contributed by atoms with E-state index >= 15 is 0 Å². The maximum absolute atomic E-state index is 2.50. The molecule has 2 aromatic carbocycles. The van der Waals surface area contributed by atoms with Crippen LogP contribution in [0.25, 0.3) is 11.1 Å². The third-order valence-electron chi connectivity index (χ3n) is 5.41. The highest BCUT2D eigenvalue weighted by atomic mass is 28.3. The van der Waals surface area contributed by atoms with Gasteiger partial charge >= 0.3 is 0 Å². The van der Waals surface area contributed by atoms with Crippen LogP contribution in [-0.2, 0) is 10.8 Å². The number of fused-ring (bicyclic) bond motifs is 3. The van der Waals surface area contributed by atoms with Crippen LogP contribution in [0.5, 0.6) is 0 Å². The molecule has 3 rings (SSSR count). The van der Waals surface area contributed by atoms with Crippen molar-refractivity contribution in [1.29, 1.82) is 0 Å². The van der Waals surface area contributed by atoms with Crippen LogP contribution in [0.3, 0.4) is 0 Å². The molecular weight excluding hydrogens is 292 g/mol. The molecule has 23 heavy (non-hydrogen) atoms. The van der Waals surface area contributed by atoms with Crippen LogP contribution in [-0.4, -0.2) is 8.07 Å². The van der Waals surface area contributed by atoms with Crippen molar-refractivity contribution < 1.29 is 0 Å². The molecule has 0 nitrogen and oxygen atoms in total. The Morgan fingerprint density at radius 2 is 1.13 bits per heavy atom. The highest BCUT2D eigenvalue weighted by Crippen LogP contribution is 2.34. The summed E-state index contributed by atoms with van der Waals surface area (Å²) in [5, 5.41) is 3.22. The summed E-state index contributed by atoms with van der Waals surface area (Å²) in [5.74, 6) is 0. The van der Waals surface area contributed by atoms with E-state index in [0.29, 0.717) is 0 Å². The van der Waals surface area contributed by atoms with Gasteiger partial charge in [0, 0.05) is 0 Å². The van der Waals surface area contributed by atoms with Crippen molar-refractivity contribution in [1.82, 2.24) is 0 Å². The molecule has 0 fully saturated rings. The van der Waals surface area contributed by atoms with Crippen LogP contribution >= 0.6 is 0 Å². The lowest BCUT2D eigenvalue weighted by molar-refractivity contribution is 0.590. The summed E-state index contributed by atoms with van der Waals surface area (Å²) >= 11 is 0. The molecule has 0 atom stereocenters. The van der Waals surface area contributed by atoms with Crippen molar-refractivity contribution >= 4 is 18.4 Å². The first-order chi connectivity index (χ1) is 10.4. The zero-order valence-electron chi connectivity index (χ0n) is 16.0. The van der Waals surface area contributed by atoms with Gasteiger partial charge in [-0.2, -0.15) is 0 Å². The standard InChI is InChI=1S/C22H30Si/c1-21(2,3)15-10-12-19-18(13-15)17-11-9-16(22(4,5)6)14-20(17)23(19,7)8/h9-14H,1-8H3. The first-order valence-electron chi connectivity index (χ1n) is 8.73. The van der Waals surface area contributed by atoms with Crippen LogP contribution in [0.2, 0.25) is 13.1 Å². The minimum Gasteiger partial charge on any atom is -0.0617 e. The Morgan fingerprint density at radius 1 is 0.609 bits per heavy atom. The summed E-state index contributed by atoms with van der Waals surface area (Å²) in [4.78, 5) is 0. The van der Waals surface area contributed by atoms with Gasteiger partial charge in [0.05, 0.1) is 0 Å². The van der Waals surface area contributed by atoms with Gasteiger partial charge in [-0.15, -0.1) is 0 Å². The zero-order valence-corrected chi connectivity index (χ0v) is 17.0. The molecular formula is C22H30Si. The fourth-order valence-electron chi connectivity index (χ4n) is 3.69. The van der Waals surface area contributed by atoms with Crippen molar-refractivity contribution in [2.75, 3.05) is 0 Å². The highest BCUT2D eigenvalue weighted by molar-refractivity contribution is 7.03. The first-order valence-corrected chi connectivity index (χ1v) is 11.7. The molecule has 0 aliphatic carbocycles. The smallest absolute Gasteiger partial charge is 0.0617 e. The van der Waals surface area contributed by atoms with E-state index in [9.17, 15) is 0 Å². The molecule has 0 radical (unpaired) electrons. The maximum atomic E-state index is 2.50. The van der Waals surface area contributed by atoms with Crippen LogP contribution in [0.1, 0.15) is 52.7 Å². The minimum atomic E-state index is -1.57. The SMILES string of the molecule is CC(C)(C)c1ccc2c(c1)-c1ccc(C(C)(C)C)cc1[Si]2(C)C. The van der Waals surface area contributed by atoms with Crippen LogP contribution in [0.4, 0.5) is 0 Å². The normalized spacial score (nSPS) is 16.2. The van der Waals surface area contributed by atoms with E-state index in [4.69, 9.17) is 0 Å². The average molecular weight is 323 g/mol. The van der Waals surface area contributed by atoms with Gasteiger partial charge in [-0.1, -0.05) is 91.0 Å². The van der Waals surface area contributed by atoms with Crippen molar-refractivity contribution in [2.45, 2.75) is 65.5 Å². The van der Waals surface area contributed by atoms with Crippen LogP contribution in [0.15, 0.2) is 36.4 Å². The first kappa shape index (κ1) is 16.5. The molecule has 122 valence electrons. The summed E-state index contributed by atoms with van der Waals surface area (Å²) in [6.07, 6.45) is 0. The maximum Gasteiger partial charge on any atom is 0.113 e. The minimum absolute atomic E-state index is 0.203. The van der Waals surface area contributed by atoms with Gasteiger partial charge in [-0.3, -0.25) is 0 Å². The molecule has 1 heteroatoms. The lowest BCUT2D eigenvalue weighted by Gasteiger charge is -2.24. The van der Waals surface area contributed by atoms with Gasteiger partial charge in [0.25, 0.3) is 0 Å². The molecule has 0 saturated heterocycles. The zero-order chi connectivity index (χ0) is 17.2. The van der Waals surface area contributed by atoms with E-state index in [2.05, 4.69) is 91.0 Å². The van der Waals surface area contributed by atoms with E-state index in [1.165, 1.54) is 22.3 Å². The summed E-state index contributed by atoms with van der Waals surface area (Å²) in [6.45, 7) is 18.8. The van der Waals surface area contributed by atoms with E-state index in [1.807, 2.05) is 0 Å². The van der Waals surface area contributed by atoms with Crippen molar-refractivity contribution in [3.05, 3.63) is 47.5 Å². The third kappa shape index (κ3) is 2.59. The number of rotatable bonds is 0. The van der Waals surface area contributed by atoms with E-state index in [1.54, 1.807) is 10.4 Å². The topological polar surface area (TPSA) is 0 Å². The summed E-state index contributed by atoms with van der Waals surface area (Å²) in [6, 6.07) is 14.4. The third-order valence-corrected chi connectivity index (χ3v) is 8.95. The molecule has 0 N–H and O–H groups in total. The predicted molar refractivity (Wildman–Crippen MR) is 106 cm³/mol. The summed E-state index contributed by atoms with van der Waals surface area (Å²) in [7, 11) is -1.57. The lowest BCUT2D eigenvalue weighted by atomic mass is 9.84. The van der Waals surface area contributed by atoms with Crippen molar-refractivity contribution in [3.63, 3.8) is 0 Å². The fourth-order valence-corrected chi connectivity index (χ4v) is 6.76. The molecule has 0 saturated carbocycles. The Morgan fingerprint density at radius 3 is 1.70 bits per heavy atom. The molecule has 0 unspecified atom stereocenters. The van der Waals surface area contributed by atoms with Gasteiger partial charge in [-0.05, 0) is 43.5 Å². The Balaban J connectivity index is 2.24. The molecule has 1 aliphatic heterocycles. The van der Waals surface area contributed by atoms with E-state index < -0.39 is 8.07 Å². The second kappa shape index (κ2) is 4.83. The van der Waals surface area contributed by atoms with Crippen LogP contribution < -0.4 is 10.4 Å². The fraction of sp³-hybridized carbons (Fsp3) is 0.455. The monoisotopic (exact) mass is 322 g/mol. The molecule has 0 aromatic heterocycles. The molecule has 0 amide bonds. The quantitative estimate of drug-likeness (QED) is 0.593. The summed E-state index contributed by atoms with van der Waals surface area (Å²) < 4.78 is 0. The molecule has 1 aliphatic rings. The number of hydrogen-bond donors (Lipinski definition) is 0. The lowest BCUT2D eigenvalue weighted by Crippen LogP contribution is -2.49. The Labute approximate surface area is 143 Å². The molecule has 0 bridgehead atoms. The average Bonchev–Trinajstić information content (AvgIpc) is 2.65. The summed E-state index contributed by atoms with van der Waals surface area (Å²) in [5.41, 5.74) is 6.29.